The van der Waals surface area contributed by atoms with Crippen molar-refractivity contribution in [1.82, 2.24) is 15.5 Å². The third-order valence-electron chi connectivity index (χ3n) is 2.59. The van der Waals surface area contributed by atoms with Gasteiger partial charge in [0.05, 0.1) is 6.54 Å². The number of nitrogens with one attached hydrogen (secondary N) is 2. The van der Waals surface area contributed by atoms with E-state index in [-0.39, 0.29) is 24.9 Å². The number of hydrogen-bond acceptors (Lipinski definition) is 4. The lowest BCUT2D eigenvalue weighted by Gasteiger charge is -2.26. The number of nitrogens with zero attached hydrogens (tertiary/aromatic N) is 1. The van der Waals surface area contributed by atoms with E-state index >= 15 is 0 Å². The molecule has 5 amide bonds. The molecule has 2 fully saturated rings. The molecule has 1 atom stereocenters. The van der Waals surface area contributed by atoms with Crippen LogP contribution in [0.5, 0.6) is 0 Å². The summed E-state index contributed by atoms with van der Waals surface area (Å²) in [6, 6.07) is -0.905. The van der Waals surface area contributed by atoms with Gasteiger partial charge < -0.3 is 5.32 Å². The van der Waals surface area contributed by atoms with Crippen LogP contribution in [-0.4, -0.2) is 41.2 Å². The van der Waals surface area contributed by atoms with Crippen molar-refractivity contribution in [3.8, 4) is 0 Å². The van der Waals surface area contributed by atoms with Gasteiger partial charge in [-0.3, -0.25) is 24.6 Å². The van der Waals surface area contributed by atoms with Crippen LogP contribution in [0.2, 0.25) is 0 Å². The van der Waals surface area contributed by atoms with Gasteiger partial charge in [0.15, 0.2) is 0 Å². The van der Waals surface area contributed by atoms with Crippen molar-refractivity contribution in [2.75, 3.05) is 6.54 Å². The maximum atomic E-state index is 11.4. The summed E-state index contributed by atoms with van der Waals surface area (Å²) in [5.41, 5.74) is 0. The highest BCUT2D eigenvalue weighted by molar-refractivity contribution is 6.14. The fraction of sp³-hybridized carbons (Fsp3) is 0.556. The van der Waals surface area contributed by atoms with Crippen LogP contribution in [0.1, 0.15) is 19.3 Å². The lowest BCUT2D eigenvalue weighted by molar-refractivity contribution is -0.136. The van der Waals surface area contributed by atoms with E-state index in [1.54, 1.807) is 0 Å². The van der Waals surface area contributed by atoms with Gasteiger partial charge in [0.1, 0.15) is 6.42 Å². The molecule has 1 unspecified atom stereocenters. The largest absolute Gasteiger partial charge is 0.352 e. The fourth-order valence-electron chi connectivity index (χ4n) is 1.80. The van der Waals surface area contributed by atoms with Gasteiger partial charge >= 0.3 is 6.03 Å². The number of hydrogen-bond donors (Lipinski definition) is 2. The van der Waals surface area contributed by atoms with Crippen LogP contribution in [0, 0.1) is 0 Å². The summed E-state index contributed by atoms with van der Waals surface area (Å²) in [4.78, 5) is 45.5. The van der Waals surface area contributed by atoms with Crippen molar-refractivity contribution in [3.05, 3.63) is 0 Å². The topological polar surface area (TPSA) is 95.6 Å². The second-order valence-corrected chi connectivity index (χ2v) is 3.84. The highest BCUT2D eigenvalue weighted by Crippen LogP contribution is 2.11. The zero-order valence-electron chi connectivity index (χ0n) is 8.49. The molecule has 2 aliphatic heterocycles. The van der Waals surface area contributed by atoms with E-state index in [1.807, 2.05) is 0 Å². The van der Waals surface area contributed by atoms with Gasteiger partial charge in [-0.25, -0.2) is 4.79 Å². The van der Waals surface area contributed by atoms with Gasteiger partial charge in [-0.15, -0.1) is 0 Å². The Morgan fingerprint density at radius 1 is 1.19 bits per heavy atom. The number of urea groups is 1. The number of carbonyl (C=O) groups excluding carboxylic acids is 4. The van der Waals surface area contributed by atoms with Crippen molar-refractivity contribution in [1.29, 1.82) is 0 Å². The fourth-order valence-corrected chi connectivity index (χ4v) is 1.80. The molecule has 2 saturated heterocycles. The third-order valence-corrected chi connectivity index (χ3v) is 2.59. The minimum atomic E-state index is -0.706. The Morgan fingerprint density at radius 3 is 2.50 bits per heavy atom. The first kappa shape index (κ1) is 10.6. The molecule has 0 aliphatic carbocycles. The zero-order valence-corrected chi connectivity index (χ0v) is 8.49. The molecular formula is C9H11N3O4. The van der Waals surface area contributed by atoms with Crippen molar-refractivity contribution >= 4 is 23.8 Å². The van der Waals surface area contributed by atoms with E-state index in [1.165, 1.54) is 0 Å². The zero-order chi connectivity index (χ0) is 11.7. The van der Waals surface area contributed by atoms with Gasteiger partial charge in [0, 0.05) is 12.5 Å². The number of imide groups is 2. The summed E-state index contributed by atoms with van der Waals surface area (Å²) >= 11 is 0. The first-order valence-electron chi connectivity index (χ1n) is 5.00. The highest BCUT2D eigenvalue weighted by Gasteiger charge is 2.34. The summed E-state index contributed by atoms with van der Waals surface area (Å²) in [7, 11) is 0. The van der Waals surface area contributed by atoms with Crippen LogP contribution in [0.25, 0.3) is 0 Å². The first-order valence-corrected chi connectivity index (χ1v) is 5.00. The summed E-state index contributed by atoms with van der Waals surface area (Å²) in [6.45, 7) is 0.129. The lowest BCUT2D eigenvalue weighted by Crippen LogP contribution is -2.55. The molecule has 7 heteroatoms. The predicted octanol–water partition coefficient (Wildman–Crippen LogP) is -1.27. The number of barbiturate groups is 1. The standard InChI is InChI=1S/C9H11N3O4/c13-6-2-1-5(10-6)4-12-8(15)3-7(14)11-9(12)16/h5H,1-4H2,(H,10,13)(H,11,14,16). The van der Waals surface area contributed by atoms with Crippen LogP contribution < -0.4 is 10.6 Å². The summed E-state index contributed by atoms with van der Waals surface area (Å²) in [5.74, 6) is -1.18. The Hall–Kier alpha value is -1.92. The monoisotopic (exact) mass is 225 g/mol. The van der Waals surface area contributed by atoms with E-state index in [2.05, 4.69) is 10.6 Å². The molecule has 7 nitrogen and oxygen atoms in total. The molecular weight excluding hydrogens is 214 g/mol. The Balaban J connectivity index is 1.98. The quantitative estimate of drug-likeness (QED) is 0.573. The third kappa shape index (κ3) is 2.02. The molecule has 0 radical (unpaired) electrons. The number of carbonyl (C=O) groups is 4. The molecule has 0 aromatic heterocycles. The smallest absolute Gasteiger partial charge is 0.330 e. The van der Waals surface area contributed by atoms with E-state index < -0.39 is 17.8 Å². The molecule has 0 bridgehead atoms. The Kier molecular flexibility index (Phi) is 2.59. The van der Waals surface area contributed by atoms with Crippen LogP contribution in [0.3, 0.4) is 0 Å². The summed E-state index contributed by atoms with van der Waals surface area (Å²) < 4.78 is 0. The van der Waals surface area contributed by atoms with Crippen LogP contribution in [-0.2, 0) is 14.4 Å². The van der Waals surface area contributed by atoms with Gasteiger partial charge in [-0.2, -0.15) is 0 Å². The van der Waals surface area contributed by atoms with Gasteiger partial charge in [-0.1, -0.05) is 0 Å². The molecule has 16 heavy (non-hydrogen) atoms. The first-order chi connectivity index (χ1) is 7.56. The van der Waals surface area contributed by atoms with Crippen molar-refractivity contribution in [2.45, 2.75) is 25.3 Å². The second-order valence-electron chi connectivity index (χ2n) is 3.84. The molecule has 86 valence electrons. The Morgan fingerprint density at radius 2 is 1.94 bits per heavy atom. The highest BCUT2D eigenvalue weighted by atomic mass is 16.2. The predicted molar refractivity (Wildman–Crippen MR) is 51.0 cm³/mol. The molecule has 2 rings (SSSR count). The van der Waals surface area contributed by atoms with Crippen molar-refractivity contribution in [3.63, 3.8) is 0 Å². The van der Waals surface area contributed by atoms with Gasteiger partial charge in [0.2, 0.25) is 17.7 Å². The second kappa shape index (κ2) is 3.92. The Labute approximate surface area is 91.2 Å². The molecule has 0 aromatic carbocycles. The maximum absolute atomic E-state index is 11.4. The molecule has 0 aromatic rings. The number of rotatable bonds is 2. The van der Waals surface area contributed by atoms with Crippen LogP contribution in [0.15, 0.2) is 0 Å². The van der Waals surface area contributed by atoms with Crippen LogP contribution >= 0.6 is 0 Å². The Bertz CT molecular complexity index is 359. The van der Waals surface area contributed by atoms with Crippen molar-refractivity contribution in [2.24, 2.45) is 0 Å². The molecule has 0 spiro atoms. The minimum Gasteiger partial charge on any atom is -0.352 e. The van der Waals surface area contributed by atoms with Gasteiger partial charge in [0.25, 0.3) is 0 Å². The van der Waals surface area contributed by atoms with Crippen LogP contribution in [0.4, 0.5) is 4.79 Å². The molecule has 0 saturated carbocycles. The molecule has 2 heterocycles. The van der Waals surface area contributed by atoms with E-state index in [9.17, 15) is 19.2 Å². The van der Waals surface area contributed by atoms with E-state index in [0.29, 0.717) is 12.8 Å². The lowest BCUT2D eigenvalue weighted by atomic mass is 10.2. The molecule has 2 N–H and O–H groups in total. The average Bonchev–Trinajstić information content (AvgIpc) is 2.58. The SMILES string of the molecule is O=C1CC(=O)N(CC2CCC(=O)N2)C(=O)N1. The molecule has 2 aliphatic rings. The van der Waals surface area contributed by atoms with E-state index in [0.717, 1.165) is 4.90 Å². The average molecular weight is 225 g/mol. The van der Waals surface area contributed by atoms with E-state index in [4.69, 9.17) is 0 Å². The normalized spacial score (nSPS) is 25.8. The summed E-state index contributed by atoms with van der Waals surface area (Å²) in [5, 5.41) is 4.72. The number of amides is 5. The summed E-state index contributed by atoms with van der Waals surface area (Å²) in [6.07, 6.45) is 0.698. The van der Waals surface area contributed by atoms with Crippen molar-refractivity contribution < 1.29 is 19.2 Å². The minimum absolute atomic E-state index is 0.0778. The van der Waals surface area contributed by atoms with Gasteiger partial charge in [-0.05, 0) is 6.42 Å². The maximum Gasteiger partial charge on any atom is 0.330 e.